The van der Waals surface area contributed by atoms with Crippen molar-refractivity contribution in [1.29, 1.82) is 0 Å². The normalized spacial score (nSPS) is 22.3. The molecule has 0 spiro atoms. The van der Waals surface area contributed by atoms with Gasteiger partial charge in [-0.1, -0.05) is 30.3 Å². The highest BCUT2D eigenvalue weighted by atomic mass is 16.5. The number of morpholine rings is 1. The molecule has 0 saturated carbocycles. The molecule has 0 unspecified atom stereocenters. The summed E-state index contributed by atoms with van der Waals surface area (Å²) >= 11 is 0. The van der Waals surface area contributed by atoms with Gasteiger partial charge in [0.25, 0.3) is 5.91 Å². The van der Waals surface area contributed by atoms with Crippen molar-refractivity contribution < 1.29 is 14.3 Å². The molecule has 2 rings (SSSR count). The Labute approximate surface area is 131 Å². The minimum absolute atomic E-state index is 0.00374. The monoisotopic (exact) mass is 304 g/mol. The summed E-state index contributed by atoms with van der Waals surface area (Å²) in [5.74, 6) is -0.264. The molecule has 2 amide bonds. The number of hydrogen-bond acceptors (Lipinski definition) is 3. The standard InChI is InChI=1S/C17H24N2O3/c1-11(2)18-17(21)16-15(13-8-6-5-7-9-13)19(12(3)4)14(20)10-22-16/h5-9,11-12,15-16H,10H2,1-4H3,(H,18,21)/t15-,16+/m1/s1. The van der Waals surface area contributed by atoms with E-state index in [1.54, 1.807) is 4.90 Å². The molecule has 1 aromatic carbocycles. The van der Waals surface area contributed by atoms with Crippen LogP contribution in [0.5, 0.6) is 0 Å². The summed E-state index contributed by atoms with van der Waals surface area (Å²) in [6.07, 6.45) is -0.690. The van der Waals surface area contributed by atoms with Crippen LogP contribution in [0.3, 0.4) is 0 Å². The van der Waals surface area contributed by atoms with E-state index in [-0.39, 0.29) is 30.5 Å². The SMILES string of the molecule is CC(C)NC(=O)[C@H]1OCC(=O)N(C(C)C)[C@@H]1c1ccccc1. The highest BCUT2D eigenvalue weighted by molar-refractivity contribution is 5.86. The lowest BCUT2D eigenvalue weighted by Crippen LogP contribution is -2.56. The second kappa shape index (κ2) is 6.92. The molecular formula is C17H24N2O3. The van der Waals surface area contributed by atoms with Crippen molar-refractivity contribution in [2.24, 2.45) is 0 Å². The van der Waals surface area contributed by atoms with E-state index in [9.17, 15) is 9.59 Å². The van der Waals surface area contributed by atoms with E-state index in [0.29, 0.717) is 0 Å². The minimum Gasteiger partial charge on any atom is -0.356 e. The quantitative estimate of drug-likeness (QED) is 0.924. The molecule has 1 aliphatic heterocycles. The first kappa shape index (κ1) is 16.5. The molecular weight excluding hydrogens is 280 g/mol. The summed E-state index contributed by atoms with van der Waals surface area (Å²) in [5, 5.41) is 2.88. The third-order valence-electron chi connectivity index (χ3n) is 3.65. The van der Waals surface area contributed by atoms with Gasteiger partial charge in [-0.2, -0.15) is 0 Å². The maximum absolute atomic E-state index is 12.5. The summed E-state index contributed by atoms with van der Waals surface area (Å²) in [7, 11) is 0. The Morgan fingerprint density at radius 2 is 1.86 bits per heavy atom. The topological polar surface area (TPSA) is 58.6 Å². The zero-order valence-corrected chi connectivity index (χ0v) is 13.6. The number of nitrogens with one attached hydrogen (secondary N) is 1. The number of hydrogen-bond donors (Lipinski definition) is 1. The molecule has 5 nitrogen and oxygen atoms in total. The Bertz CT molecular complexity index is 528. The molecule has 1 fully saturated rings. The zero-order chi connectivity index (χ0) is 16.3. The van der Waals surface area contributed by atoms with Crippen molar-refractivity contribution in [3.05, 3.63) is 35.9 Å². The van der Waals surface area contributed by atoms with E-state index in [4.69, 9.17) is 4.74 Å². The van der Waals surface area contributed by atoms with Gasteiger partial charge in [0, 0.05) is 12.1 Å². The number of nitrogens with zero attached hydrogens (tertiary/aromatic N) is 1. The van der Waals surface area contributed by atoms with E-state index in [1.807, 2.05) is 58.0 Å². The van der Waals surface area contributed by atoms with Crippen LogP contribution in [0.2, 0.25) is 0 Å². The van der Waals surface area contributed by atoms with Gasteiger partial charge in [0.05, 0.1) is 6.04 Å². The Morgan fingerprint density at radius 3 is 2.41 bits per heavy atom. The first-order valence-corrected chi connectivity index (χ1v) is 7.70. The molecule has 1 aromatic rings. The number of amides is 2. The highest BCUT2D eigenvalue weighted by Crippen LogP contribution is 2.32. The highest BCUT2D eigenvalue weighted by Gasteiger charge is 2.42. The first-order chi connectivity index (χ1) is 10.4. The number of benzene rings is 1. The summed E-state index contributed by atoms with van der Waals surface area (Å²) in [4.78, 5) is 26.5. The van der Waals surface area contributed by atoms with E-state index < -0.39 is 12.1 Å². The van der Waals surface area contributed by atoms with Crippen molar-refractivity contribution in [1.82, 2.24) is 10.2 Å². The molecule has 0 radical (unpaired) electrons. The van der Waals surface area contributed by atoms with Crippen LogP contribution in [-0.2, 0) is 14.3 Å². The van der Waals surface area contributed by atoms with Gasteiger partial charge in [0.15, 0.2) is 6.10 Å². The van der Waals surface area contributed by atoms with Gasteiger partial charge < -0.3 is 15.0 Å². The van der Waals surface area contributed by atoms with Crippen LogP contribution >= 0.6 is 0 Å². The summed E-state index contributed by atoms with van der Waals surface area (Å²) < 4.78 is 5.60. The summed E-state index contributed by atoms with van der Waals surface area (Å²) in [6, 6.07) is 9.21. The van der Waals surface area contributed by atoms with E-state index in [2.05, 4.69) is 5.32 Å². The molecule has 1 heterocycles. The average Bonchev–Trinajstić information content (AvgIpc) is 2.46. The second-order valence-corrected chi connectivity index (χ2v) is 6.15. The van der Waals surface area contributed by atoms with Crippen molar-refractivity contribution in [2.75, 3.05) is 6.61 Å². The third-order valence-corrected chi connectivity index (χ3v) is 3.65. The lowest BCUT2D eigenvalue weighted by atomic mass is 9.95. The fourth-order valence-electron chi connectivity index (χ4n) is 2.81. The van der Waals surface area contributed by atoms with Crippen molar-refractivity contribution in [2.45, 2.75) is 51.9 Å². The number of ether oxygens (including phenoxy) is 1. The molecule has 1 aliphatic rings. The molecule has 0 aliphatic carbocycles. The summed E-state index contributed by atoms with van der Waals surface area (Å²) in [6.45, 7) is 7.66. The van der Waals surface area contributed by atoms with Crippen LogP contribution in [0.25, 0.3) is 0 Å². The Balaban J connectivity index is 2.38. The largest absolute Gasteiger partial charge is 0.356 e. The number of carbonyl (C=O) groups is 2. The maximum Gasteiger partial charge on any atom is 0.251 e. The first-order valence-electron chi connectivity index (χ1n) is 7.70. The maximum atomic E-state index is 12.5. The van der Waals surface area contributed by atoms with Gasteiger partial charge in [-0.15, -0.1) is 0 Å². The van der Waals surface area contributed by atoms with Gasteiger partial charge in [0.2, 0.25) is 5.91 Å². The summed E-state index contributed by atoms with van der Waals surface area (Å²) in [5.41, 5.74) is 0.910. The predicted octanol–water partition coefficient (Wildman–Crippen LogP) is 1.89. The van der Waals surface area contributed by atoms with Crippen LogP contribution in [0.4, 0.5) is 0 Å². The van der Waals surface area contributed by atoms with Crippen molar-refractivity contribution >= 4 is 11.8 Å². The van der Waals surface area contributed by atoms with E-state index in [1.165, 1.54) is 0 Å². The molecule has 22 heavy (non-hydrogen) atoms. The predicted molar refractivity (Wildman–Crippen MR) is 84.2 cm³/mol. The van der Waals surface area contributed by atoms with Gasteiger partial charge in [-0.05, 0) is 33.3 Å². The fourth-order valence-corrected chi connectivity index (χ4v) is 2.81. The third kappa shape index (κ3) is 3.47. The molecule has 1 N–H and O–H groups in total. The molecule has 0 bridgehead atoms. The van der Waals surface area contributed by atoms with Gasteiger partial charge >= 0.3 is 0 Å². The molecule has 120 valence electrons. The molecule has 1 saturated heterocycles. The Kier molecular flexibility index (Phi) is 5.19. The van der Waals surface area contributed by atoms with E-state index in [0.717, 1.165) is 5.56 Å². The number of carbonyl (C=O) groups excluding carboxylic acids is 2. The zero-order valence-electron chi connectivity index (χ0n) is 13.6. The van der Waals surface area contributed by atoms with Crippen LogP contribution in [0.1, 0.15) is 39.3 Å². The Hall–Kier alpha value is -1.88. The van der Waals surface area contributed by atoms with E-state index >= 15 is 0 Å². The van der Waals surface area contributed by atoms with Crippen LogP contribution in [0.15, 0.2) is 30.3 Å². The van der Waals surface area contributed by atoms with Crippen molar-refractivity contribution in [3.63, 3.8) is 0 Å². The second-order valence-electron chi connectivity index (χ2n) is 6.15. The number of rotatable bonds is 4. The van der Waals surface area contributed by atoms with Gasteiger partial charge in [0.1, 0.15) is 6.61 Å². The molecule has 2 atom stereocenters. The average molecular weight is 304 g/mol. The lowest BCUT2D eigenvalue weighted by Gasteiger charge is -2.43. The molecule has 5 heteroatoms. The Morgan fingerprint density at radius 1 is 1.23 bits per heavy atom. The fraction of sp³-hybridized carbons (Fsp3) is 0.529. The van der Waals surface area contributed by atoms with Crippen LogP contribution in [0, 0.1) is 0 Å². The van der Waals surface area contributed by atoms with Crippen molar-refractivity contribution in [3.8, 4) is 0 Å². The van der Waals surface area contributed by atoms with Gasteiger partial charge in [-0.3, -0.25) is 9.59 Å². The van der Waals surface area contributed by atoms with Gasteiger partial charge in [-0.25, -0.2) is 0 Å². The van der Waals surface area contributed by atoms with Crippen LogP contribution < -0.4 is 5.32 Å². The smallest absolute Gasteiger partial charge is 0.251 e. The molecule has 0 aromatic heterocycles. The van der Waals surface area contributed by atoms with Crippen LogP contribution in [-0.4, -0.2) is 41.5 Å². The lowest BCUT2D eigenvalue weighted by molar-refractivity contribution is -0.167. The minimum atomic E-state index is -0.690.